The molecule has 2 fully saturated rings. The standard InChI is InChI=1S/C20H18N4O3S/c25-16-11-15(17-12-26-18(16)27-17)24-20(28)23(14-9-5-2-6-10-14)19(22-24)21-13-7-3-1-4-8-13/h1-10,15,17-18H,11-12H2,(H,21,22)/t15-,17-,18+/m1/s1. The molecular weight excluding hydrogens is 376 g/mol. The van der Waals surface area contributed by atoms with Gasteiger partial charge in [-0.3, -0.25) is 9.36 Å². The zero-order valence-corrected chi connectivity index (χ0v) is 15.7. The highest BCUT2D eigenvalue weighted by atomic mass is 32.1. The maximum absolute atomic E-state index is 12.3. The van der Waals surface area contributed by atoms with Gasteiger partial charge in [-0.2, -0.15) is 0 Å². The molecule has 2 aliphatic rings. The van der Waals surface area contributed by atoms with Crippen molar-refractivity contribution >= 4 is 29.6 Å². The van der Waals surface area contributed by atoms with E-state index in [2.05, 4.69) is 5.32 Å². The lowest BCUT2D eigenvalue weighted by atomic mass is 10.0. The average molecular weight is 394 g/mol. The molecule has 28 heavy (non-hydrogen) atoms. The Labute approximate surface area is 166 Å². The van der Waals surface area contributed by atoms with E-state index < -0.39 is 6.29 Å². The molecule has 2 aliphatic heterocycles. The summed E-state index contributed by atoms with van der Waals surface area (Å²) in [5.41, 5.74) is 1.79. The van der Waals surface area contributed by atoms with Gasteiger partial charge in [0.15, 0.2) is 5.78 Å². The van der Waals surface area contributed by atoms with Gasteiger partial charge in [-0.15, -0.1) is 5.10 Å². The number of ether oxygens (including phenoxy) is 2. The van der Waals surface area contributed by atoms with Crippen LogP contribution in [0.1, 0.15) is 12.5 Å². The third-order valence-corrected chi connectivity index (χ3v) is 5.34. The highest BCUT2D eigenvalue weighted by molar-refractivity contribution is 7.71. The Hall–Kier alpha value is -2.81. The van der Waals surface area contributed by atoms with Gasteiger partial charge in [-0.25, -0.2) is 4.68 Å². The van der Waals surface area contributed by atoms with Crippen molar-refractivity contribution in [3.8, 4) is 5.69 Å². The van der Waals surface area contributed by atoms with Crippen molar-refractivity contribution in [1.29, 1.82) is 0 Å². The first-order chi connectivity index (χ1) is 13.7. The first kappa shape index (κ1) is 17.3. The smallest absolute Gasteiger partial charge is 0.232 e. The number of Topliss-reactive ketones (excluding diaryl/α,β-unsaturated/α-hetero) is 1. The Morgan fingerprint density at radius 1 is 1.07 bits per heavy atom. The van der Waals surface area contributed by atoms with Crippen molar-refractivity contribution < 1.29 is 14.3 Å². The first-order valence-corrected chi connectivity index (χ1v) is 9.50. The number of carbonyl (C=O) groups excluding carboxylic acids is 1. The molecule has 1 N–H and O–H groups in total. The first-order valence-electron chi connectivity index (χ1n) is 9.09. The maximum Gasteiger partial charge on any atom is 0.232 e. The van der Waals surface area contributed by atoms with Crippen molar-refractivity contribution in [2.45, 2.75) is 24.9 Å². The number of hydrogen-bond acceptors (Lipinski definition) is 6. The quantitative estimate of drug-likeness (QED) is 0.684. The van der Waals surface area contributed by atoms with Crippen LogP contribution >= 0.6 is 12.2 Å². The Balaban J connectivity index is 1.61. The van der Waals surface area contributed by atoms with Crippen LogP contribution in [0.15, 0.2) is 60.7 Å². The number of nitrogens with zero attached hydrogens (tertiary/aromatic N) is 3. The highest BCUT2D eigenvalue weighted by Gasteiger charge is 2.45. The zero-order chi connectivity index (χ0) is 19.1. The number of para-hydroxylation sites is 2. The van der Waals surface area contributed by atoms with Crippen LogP contribution < -0.4 is 5.32 Å². The third-order valence-electron chi connectivity index (χ3n) is 4.97. The van der Waals surface area contributed by atoms with Crippen LogP contribution in [0.25, 0.3) is 5.69 Å². The normalized spacial score (nSPS) is 23.7. The molecule has 2 saturated heterocycles. The lowest BCUT2D eigenvalue weighted by molar-refractivity contribution is -0.156. The van der Waals surface area contributed by atoms with Gasteiger partial charge in [0.25, 0.3) is 0 Å². The van der Waals surface area contributed by atoms with Gasteiger partial charge in [0.1, 0.15) is 6.10 Å². The van der Waals surface area contributed by atoms with Gasteiger partial charge in [0.05, 0.1) is 18.3 Å². The summed E-state index contributed by atoms with van der Waals surface area (Å²) < 4.78 is 15.2. The van der Waals surface area contributed by atoms with E-state index >= 15 is 0 Å². The Morgan fingerprint density at radius 3 is 2.54 bits per heavy atom. The molecule has 7 nitrogen and oxygen atoms in total. The summed E-state index contributed by atoms with van der Waals surface area (Å²) in [4.78, 5) is 12.3. The lowest BCUT2D eigenvalue weighted by Gasteiger charge is -2.26. The number of aromatic nitrogens is 3. The molecule has 0 spiro atoms. The Kier molecular flexibility index (Phi) is 4.31. The lowest BCUT2D eigenvalue weighted by Crippen LogP contribution is -2.37. The van der Waals surface area contributed by atoms with Crippen LogP contribution in [0.3, 0.4) is 0 Å². The van der Waals surface area contributed by atoms with Crippen molar-refractivity contribution in [2.24, 2.45) is 0 Å². The van der Waals surface area contributed by atoms with Crippen molar-refractivity contribution in [3.63, 3.8) is 0 Å². The van der Waals surface area contributed by atoms with Gasteiger partial charge in [-0.1, -0.05) is 36.4 Å². The number of carbonyl (C=O) groups is 1. The van der Waals surface area contributed by atoms with Gasteiger partial charge < -0.3 is 14.8 Å². The predicted molar refractivity (Wildman–Crippen MR) is 105 cm³/mol. The number of benzene rings is 2. The number of rotatable bonds is 4. The van der Waals surface area contributed by atoms with E-state index in [1.54, 1.807) is 4.68 Å². The molecule has 3 aromatic rings. The van der Waals surface area contributed by atoms with E-state index in [9.17, 15) is 4.79 Å². The summed E-state index contributed by atoms with van der Waals surface area (Å²) in [5, 5.41) is 8.07. The number of nitrogens with one attached hydrogen (secondary N) is 1. The Bertz CT molecular complexity index is 1060. The molecule has 2 bridgehead atoms. The van der Waals surface area contributed by atoms with E-state index in [1.807, 2.05) is 65.2 Å². The second kappa shape index (κ2) is 6.97. The van der Waals surface area contributed by atoms with Gasteiger partial charge in [0, 0.05) is 12.1 Å². The molecule has 142 valence electrons. The minimum Gasteiger partial charge on any atom is -0.343 e. The van der Waals surface area contributed by atoms with E-state index in [4.69, 9.17) is 26.8 Å². The van der Waals surface area contributed by atoms with Crippen LogP contribution in [0.4, 0.5) is 11.6 Å². The van der Waals surface area contributed by atoms with Crippen LogP contribution in [0.2, 0.25) is 0 Å². The summed E-state index contributed by atoms with van der Waals surface area (Å²) >= 11 is 5.76. The molecule has 0 aliphatic carbocycles. The average Bonchev–Trinajstić information content (AvgIpc) is 3.29. The predicted octanol–water partition coefficient (Wildman–Crippen LogP) is 3.40. The summed E-state index contributed by atoms with van der Waals surface area (Å²) in [6.07, 6.45) is -0.688. The second-order valence-corrected chi connectivity index (χ2v) is 7.16. The maximum atomic E-state index is 12.3. The van der Waals surface area contributed by atoms with Crippen LogP contribution in [-0.2, 0) is 14.3 Å². The summed E-state index contributed by atoms with van der Waals surface area (Å²) in [6.45, 7) is 0.364. The van der Waals surface area contributed by atoms with E-state index in [0.717, 1.165) is 11.4 Å². The fourth-order valence-electron chi connectivity index (χ4n) is 3.61. The van der Waals surface area contributed by atoms with Crippen molar-refractivity contribution in [3.05, 3.63) is 65.4 Å². The third kappa shape index (κ3) is 2.95. The topological polar surface area (TPSA) is 70.3 Å². The molecule has 0 radical (unpaired) electrons. The Morgan fingerprint density at radius 2 is 1.79 bits per heavy atom. The molecular formula is C20H18N4O3S. The van der Waals surface area contributed by atoms with Crippen LogP contribution in [0.5, 0.6) is 0 Å². The minimum absolute atomic E-state index is 0.0764. The molecule has 8 heteroatoms. The zero-order valence-electron chi connectivity index (χ0n) is 14.9. The molecule has 2 aromatic carbocycles. The summed E-state index contributed by atoms with van der Waals surface area (Å²) in [7, 11) is 0. The molecule has 0 unspecified atom stereocenters. The fourth-order valence-corrected chi connectivity index (χ4v) is 3.98. The second-order valence-electron chi connectivity index (χ2n) is 6.79. The van der Waals surface area contributed by atoms with Crippen molar-refractivity contribution in [1.82, 2.24) is 14.3 Å². The molecule has 0 amide bonds. The largest absolute Gasteiger partial charge is 0.343 e. The number of anilines is 2. The molecule has 0 saturated carbocycles. The summed E-state index contributed by atoms with van der Waals surface area (Å²) in [5.74, 6) is 0.503. The number of ketones is 1. The van der Waals surface area contributed by atoms with Gasteiger partial charge in [-0.05, 0) is 36.5 Å². The van der Waals surface area contributed by atoms with E-state index in [-0.39, 0.29) is 17.9 Å². The van der Waals surface area contributed by atoms with Crippen LogP contribution in [0, 0.1) is 4.77 Å². The number of fused-ring (bicyclic) bond motifs is 2. The molecule has 1 aromatic heterocycles. The SMILES string of the molecule is O=C1C[C@@H](n2nc(Nc3ccccc3)n(-c3ccccc3)c2=S)[C@H]2CO[C@H]1O2. The van der Waals surface area contributed by atoms with Crippen LogP contribution in [-0.4, -0.2) is 39.1 Å². The van der Waals surface area contributed by atoms with E-state index in [1.165, 1.54) is 0 Å². The van der Waals surface area contributed by atoms with Gasteiger partial charge >= 0.3 is 0 Å². The summed E-state index contributed by atoms with van der Waals surface area (Å²) in [6, 6.07) is 19.3. The van der Waals surface area contributed by atoms with E-state index in [0.29, 0.717) is 23.7 Å². The monoisotopic (exact) mass is 394 g/mol. The fraction of sp³-hybridized carbons (Fsp3) is 0.250. The van der Waals surface area contributed by atoms with Gasteiger partial charge in [0.2, 0.25) is 17.0 Å². The molecule has 3 atom stereocenters. The van der Waals surface area contributed by atoms with Crippen molar-refractivity contribution in [2.75, 3.05) is 11.9 Å². The number of hydrogen-bond donors (Lipinski definition) is 1. The molecule has 3 heterocycles. The highest BCUT2D eigenvalue weighted by Crippen LogP contribution is 2.34. The minimum atomic E-state index is -0.742. The molecule has 5 rings (SSSR count).